The summed E-state index contributed by atoms with van der Waals surface area (Å²) in [4.78, 5) is 15.5. The van der Waals surface area contributed by atoms with Crippen LogP contribution in [0.25, 0.3) is 133 Å². The molecule has 5 nitrogen and oxygen atoms in total. The van der Waals surface area contributed by atoms with Crippen LogP contribution in [0.2, 0.25) is 0 Å². The Morgan fingerprint density at radius 1 is 0.276 bits per heavy atom. The molecule has 0 fully saturated rings. The highest BCUT2D eigenvalue weighted by molar-refractivity contribution is 6.22. The summed E-state index contributed by atoms with van der Waals surface area (Å²) in [6.07, 6.45) is 0. The molecule has 12 aromatic rings. The third kappa shape index (κ3) is 4.44. The molecule has 58 heavy (non-hydrogen) atoms. The lowest BCUT2D eigenvalue weighted by Crippen LogP contribution is -2.01. The maximum atomic E-state index is 6.67. The molecule has 1 aliphatic carbocycles. The quantitative estimate of drug-likeness (QED) is 0.180. The Morgan fingerprint density at radius 2 is 0.776 bits per heavy atom. The molecule has 3 aromatic heterocycles. The van der Waals surface area contributed by atoms with Crippen molar-refractivity contribution in [2.45, 2.75) is 0 Å². The van der Waals surface area contributed by atoms with Gasteiger partial charge >= 0.3 is 0 Å². The van der Waals surface area contributed by atoms with Crippen molar-refractivity contribution in [3.8, 4) is 67.5 Å². The number of nitrogens with zero attached hydrogens (tertiary/aromatic N) is 3. The highest BCUT2D eigenvalue weighted by Crippen LogP contribution is 2.51. The van der Waals surface area contributed by atoms with Crippen LogP contribution < -0.4 is 0 Å². The summed E-state index contributed by atoms with van der Waals surface area (Å²) in [5.74, 6) is 1.81. The number of furan rings is 2. The Balaban J connectivity index is 1.03. The van der Waals surface area contributed by atoms with Crippen LogP contribution in [0.3, 0.4) is 0 Å². The standard InChI is InChI=1S/C53H29N3O2/c1-2-12-31(13-3-1)51-54-52(56-53(55-51)40-24-11-27-46-50(40)39-16-4-5-25-44(39)57-46)38-23-9-17-32-33(18-8-19-34(32)38)35-22-10-26-45-49(35)43-28-41-36-20-6-14-30-15-7-21-37(48(30)36)42(41)29-47(43)58-45/h1-29H. The summed E-state index contributed by atoms with van der Waals surface area (Å²) >= 11 is 0. The van der Waals surface area contributed by atoms with Crippen LogP contribution in [-0.2, 0) is 0 Å². The van der Waals surface area contributed by atoms with Gasteiger partial charge in [-0.3, -0.25) is 0 Å². The fourth-order valence-corrected chi connectivity index (χ4v) is 9.37. The molecule has 0 amide bonds. The number of rotatable bonds is 4. The van der Waals surface area contributed by atoms with E-state index in [-0.39, 0.29) is 0 Å². The SMILES string of the molecule is c1ccc(-c2nc(-c3cccc4c(-c5cccc6oc7cc8c(cc7c56)-c5cccc6cccc-8c56)cccc34)nc(-c3cccc4oc5ccccc5c34)n2)cc1. The first-order valence-corrected chi connectivity index (χ1v) is 19.5. The average Bonchev–Trinajstić information content (AvgIpc) is 3.95. The van der Waals surface area contributed by atoms with Gasteiger partial charge in [-0.1, -0.05) is 146 Å². The number of para-hydroxylation sites is 1. The van der Waals surface area contributed by atoms with Crippen LogP contribution in [0, 0.1) is 0 Å². The van der Waals surface area contributed by atoms with Gasteiger partial charge < -0.3 is 8.83 Å². The molecular weight excluding hydrogens is 711 g/mol. The lowest BCUT2D eigenvalue weighted by molar-refractivity contribution is 0.668. The summed E-state index contributed by atoms with van der Waals surface area (Å²) in [6, 6.07) is 61.4. The summed E-state index contributed by atoms with van der Waals surface area (Å²) in [7, 11) is 0. The first-order chi connectivity index (χ1) is 28.7. The van der Waals surface area contributed by atoms with Crippen LogP contribution in [0.1, 0.15) is 0 Å². The van der Waals surface area contributed by atoms with Crippen molar-refractivity contribution >= 4 is 65.4 Å². The van der Waals surface area contributed by atoms with Crippen molar-refractivity contribution in [2.75, 3.05) is 0 Å². The largest absolute Gasteiger partial charge is 0.456 e. The predicted molar refractivity (Wildman–Crippen MR) is 236 cm³/mol. The summed E-state index contributed by atoms with van der Waals surface area (Å²) < 4.78 is 12.9. The fraction of sp³-hybridized carbons (Fsp3) is 0. The van der Waals surface area contributed by atoms with Gasteiger partial charge in [0.2, 0.25) is 0 Å². The van der Waals surface area contributed by atoms with Gasteiger partial charge in [0.15, 0.2) is 17.5 Å². The molecule has 0 radical (unpaired) electrons. The Bertz CT molecular complexity index is 3690. The van der Waals surface area contributed by atoms with Gasteiger partial charge in [-0.2, -0.15) is 0 Å². The third-order valence-electron chi connectivity index (χ3n) is 11.9. The van der Waals surface area contributed by atoms with Gasteiger partial charge in [0.1, 0.15) is 22.3 Å². The summed E-state index contributed by atoms with van der Waals surface area (Å²) in [6.45, 7) is 0. The lowest BCUT2D eigenvalue weighted by atomic mass is 9.92. The number of benzene rings is 9. The zero-order valence-corrected chi connectivity index (χ0v) is 30.9. The second-order valence-electron chi connectivity index (χ2n) is 15.0. The Kier molecular flexibility index (Phi) is 6.38. The highest BCUT2D eigenvalue weighted by Gasteiger charge is 2.25. The van der Waals surface area contributed by atoms with E-state index in [1.807, 2.05) is 60.7 Å². The van der Waals surface area contributed by atoms with Gasteiger partial charge in [0.25, 0.3) is 0 Å². The first-order valence-electron chi connectivity index (χ1n) is 19.5. The van der Waals surface area contributed by atoms with E-state index in [2.05, 4.69) is 115 Å². The highest BCUT2D eigenvalue weighted by atomic mass is 16.3. The van der Waals surface area contributed by atoms with E-state index in [4.69, 9.17) is 23.8 Å². The molecule has 0 N–H and O–H groups in total. The lowest BCUT2D eigenvalue weighted by Gasteiger charge is -2.13. The molecule has 0 atom stereocenters. The maximum Gasteiger partial charge on any atom is 0.164 e. The first kappa shape index (κ1) is 31.3. The predicted octanol–water partition coefficient (Wildman–Crippen LogP) is 14.3. The van der Waals surface area contributed by atoms with Crippen LogP contribution in [0.15, 0.2) is 185 Å². The van der Waals surface area contributed by atoms with Gasteiger partial charge in [-0.15, -0.1) is 0 Å². The minimum atomic E-state index is 0.592. The molecule has 9 aromatic carbocycles. The van der Waals surface area contributed by atoms with E-state index >= 15 is 0 Å². The fourth-order valence-electron chi connectivity index (χ4n) is 9.37. The van der Waals surface area contributed by atoms with Gasteiger partial charge in [-0.25, -0.2) is 15.0 Å². The molecule has 13 rings (SSSR count). The molecular formula is C53H29N3O2. The third-order valence-corrected chi connectivity index (χ3v) is 11.9. The van der Waals surface area contributed by atoms with Crippen LogP contribution >= 0.6 is 0 Å². The number of hydrogen-bond acceptors (Lipinski definition) is 5. The maximum absolute atomic E-state index is 6.67. The van der Waals surface area contributed by atoms with Crippen LogP contribution in [0.5, 0.6) is 0 Å². The normalized spacial score (nSPS) is 12.1. The smallest absolute Gasteiger partial charge is 0.164 e. The molecule has 1 aliphatic rings. The van der Waals surface area contributed by atoms with E-state index in [1.165, 1.54) is 33.0 Å². The molecule has 0 spiro atoms. The zero-order valence-electron chi connectivity index (χ0n) is 30.9. The van der Waals surface area contributed by atoms with Gasteiger partial charge in [0, 0.05) is 38.2 Å². The van der Waals surface area contributed by atoms with Crippen molar-refractivity contribution in [1.82, 2.24) is 15.0 Å². The summed E-state index contributed by atoms with van der Waals surface area (Å²) in [5, 5.41) is 8.95. The molecule has 3 heterocycles. The minimum absolute atomic E-state index is 0.592. The van der Waals surface area contributed by atoms with Gasteiger partial charge in [-0.05, 0) is 85.3 Å². The number of fused-ring (bicyclic) bond motifs is 10. The van der Waals surface area contributed by atoms with Crippen molar-refractivity contribution in [1.29, 1.82) is 0 Å². The molecule has 0 bridgehead atoms. The molecule has 0 saturated carbocycles. The topological polar surface area (TPSA) is 65.0 Å². The zero-order chi connectivity index (χ0) is 37.9. The Hall–Kier alpha value is -7.89. The van der Waals surface area contributed by atoms with Crippen molar-refractivity contribution in [3.63, 3.8) is 0 Å². The second kappa shape index (κ2) is 11.8. The van der Waals surface area contributed by atoms with E-state index in [0.717, 1.165) is 82.5 Å². The number of aromatic nitrogens is 3. The summed E-state index contributed by atoms with van der Waals surface area (Å²) in [5.41, 5.74) is 13.4. The number of hydrogen-bond donors (Lipinski definition) is 0. The van der Waals surface area contributed by atoms with Gasteiger partial charge in [0.05, 0.1) is 0 Å². The molecule has 0 unspecified atom stereocenters. The molecule has 5 heteroatoms. The van der Waals surface area contributed by atoms with E-state index in [1.54, 1.807) is 0 Å². The van der Waals surface area contributed by atoms with Crippen molar-refractivity contribution in [3.05, 3.63) is 176 Å². The van der Waals surface area contributed by atoms with Crippen molar-refractivity contribution < 1.29 is 8.83 Å². The van der Waals surface area contributed by atoms with Crippen LogP contribution in [-0.4, -0.2) is 15.0 Å². The molecule has 0 saturated heterocycles. The van der Waals surface area contributed by atoms with Crippen molar-refractivity contribution in [2.24, 2.45) is 0 Å². The van der Waals surface area contributed by atoms with Crippen LogP contribution in [0.4, 0.5) is 0 Å². The Morgan fingerprint density at radius 3 is 1.55 bits per heavy atom. The molecule has 268 valence electrons. The van der Waals surface area contributed by atoms with E-state index in [9.17, 15) is 0 Å². The van der Waals surface area contributed by atoms with E-state index < -0.39 is 0 Å². The second-order valence-corrected chi connectivity index (χ2v) is 15.0. The minimum Gasteiger partial charge on any atom is -0.456 e. The Labute approximate surface area is 331 Å². The monoisotopic (exact) mass is 739 g/mol. The van der Waals surface area contributed by atoms with E-state index in [0.29, 0.717) is 17.5 Å². The molecule has 0 aliphatic heterocycles. The average molecular weight is 740 g/mol.